The molecule has 3 atom stereocenters. The number of benzene rings is 1. The standard InChI is InChI=1S/C23H28N2O5S/c1-4-5-10-28-12-17-11-23(19(26)29-17)14-22(3,30-20(23)27)18-13-31-21(25-18)24-16-8-6-15(2)7-9-16/h6-9,13,17H,4-5,10-12,14H2,1-3H3,(H,24,25)/t17-,22-,23-/m1/s1. The SMILES string of the molecule is CCCCOC[C@H]1C[C@@]2(C[C@](C)(c3csc(Nc4ccc(C)cc4)n3)OC2=O)C(=O)O1. The van der Waals surface area contributed by atoms with Crippen molar-refractivity contribution in [1.29, 1.82) is 0 Å². The molecule has 2 aliphatic rings. The van der Waals surface area contributed by atoms with E-state index in [-0.39, 0.29) is 12.8 Å². The maximum Gasteiger partial charge on any atom is 0.324 e. The second-order valence-electron chi connectivity index (χ2n) is 8.57. The summed E-state index contributed by atoms with van der Waals surface area (Å²) in [4.78, 5) is 30.2. The molecule has 2 fully saturated rings. The van der Waals surface area contributed by atoms with E-state index >= 15 is 0 Å². The zero-order chi connectivity index (χ0) is 22.1. The van der Waals surface area contributed by atoms with E-state index in [2.05, 4.69) is 17.2 Å². The number of rotatable bonds is 8. The monoisotopic (exact) mass is 444 g/mol. The summed E-state index contributed by atoms with van der Waals surface area (Å²) in [6.45, 7) is 6.85. The minimum absolute atomic E-state index is 0.219. The molecule has 7 nitrogen and oxygen atoms in total. The molecule has 1 N–H and O–H groups in total. The van der Waals surface area contributed by atoms with Gasteiger partial charge in [-0.1, -0.05) is 31.0 Å². The number of cyclic esters (lactones) is 2. The summed E-state index contributed by atoms with van der Waals surface area (Å²) in [6.07, 6.45) is 2.07. The van der Waals surface area contributed by atoms with Crippen LogP contribution in [-0.2, 0) is 29.4 Å². The number of aromatic nitrogens is 1. The molecule has 1 aromatic heterocycles. The van der Waals surface area contributed by atoms with Crippen LogP contribution in [0, 0.1) is 12.3 Å². The Kier molecular flexibility index (Phi) is 6.03. The normalized spacial score (nSPS) is 27.5. The van der Waals surface area contributed by atoms with Crippen molar-refractivity contribution >= 4 is 34.1 Å². The minimum atomic E-state index is -1.28. The first-order valence-corrected chi connectivity index (χ1v) is 11.5. The average molecular weight is 445 g/mol. The Balaban J connectivity index is 1.45. The summed E-state index contributed by atoms with van der Waals surface area (Å²) in [5.74, 6) is -1.05. The highest BCUT2D eigenvalue weighted by Crippen LogP contribution is 2.52. The maximum absolute atomic E-state index is 12.8. The fourth-order valence-electron chi connectivity index (χ4n) is 4.11. The molecule has 1 spiro atoms. The number of esters is 2. The molecule has 8 heteroatoms. The number of ether oxygens (including phenoxy) is 3. The molecule has 1 aromatic carbocycles. The minimum Gasteiger partial charge on any atom is -0.459 e. The lowest BCUT2D eigenvalue weighted by Gasteiger charge is -2.20. The second kappa shape index (κ2) is 8.59. The number of nitrogens with zero attached hydrogens (tertiary/aromatic N) is 1. The first-order chi connectivity index (χ1) is 14.8. The van der Waals surface area contributed by atoms with Crippen LogP contribution < -0.4 is 5.32 Å². The van der Waals surface area contributed by atoms with E-state index < -0.39 is 29.1 Å². The third-order valence-electron chi connectivity index (χ3n) is 5.88. The summed E-state index contributed by atoms with van der Waals surface area (Å²) >= 11 is 1.43. The van der Waals surface area contributed by atoms with Gasteiger partial charge in [0.2, 0.25) is 0 Å². The summed E-state index contributed by atoms with van der Waals surface area (Å²) < 4.78 is 16.8. The van der Waals surface area contributed by atoms with Crippen LogP contribution in [0.5, 0.6) is 0 Å². The molecule has 4 rings (SSSR count). The molecular formula is C23H28N2O5S. The molecule has 0 aliphatic carbocycles. The van der Waals surface area contributed by atoms with Crippen LogP contribution in [0.3, 0.4) is 0 Å². The van der Waals surface area contributed by atoms with E-state index in [0.29, 0.717) is 24.0 Å². The molecule has 0 saturated carbocycles. The molecule has 0 amide bonds. The highest BCUT2D eigenvalue weighted by molar-refractivity contribution is 7.13. The lowest BCUT2D eigenvalue weighted by molar-refractivity contribution is -0.160. The number of aryl methyl sites for hydroxylation is 1. The fraction of sp³-hybridized carbons (Fsp3) is 0.522. The van der Waals surface area contributed by atoms with Crippen molar-refractivity contribution in [3.8, 4) is 0 Å². The largest absolute Gasteiger partial charge is 0.459 e. The first-order valence-electron chi connectivity index (χ1n) is 10.7. The zero-order valence-corrected chi connectivity index (χ0v) is 18.9. The molecule has 166 valence electrons. The smallest absolute Gasteiger partial charge is 0.324 e. The van der Waals surface area contributed by atoms with Gasteiger partial charge in [0.25, 0.3) is 0 Å². The molecule has 31 heavy (non-hydrogen) atoms. The second-order valence-corrected chi connectivity index (χ2v) is 9.43. The highest BCUT2D eigenvalue weighted by Gasteiger charge is 2.65. The predicted octanol–water partition coefficient (Wildman–Crippen LogP) is 4.48. The van der Waals surface area contributed by atoms with Crippen LogP contribution in [0.1, 0.15) is 50.8 Å². The van der Waals surface area contributed by atoms with Gasteiger partial charge >= 0.3 is 11.9 Å². The molecule has 2 aliphatic heterocycles. The maximum atomic E-state index is 12.8. The molecule has 2 saturated heterocycles. The number of nitrogens with one attached hydrogen (secondary N) is 1. The van der Waals surface area contributed by atoms with Gasteiger partial charge in [0, 0.05) is 30.5 Å². The third-order valence-corrected chi connectivity index (χ3v) is 6.64. The van der Waals surface area contributed by atoms with Crippen LogP contribution >= 0.6 is 11.3 Å². The van der Waals surface area contributed by atoms with Crippen molar-refractivity contribution in [2.24, 2.45) is 5.41 Å². The van der Waals surface area contributed by atoms with Crippen molar-refractivity contribution < 1.29 is 23.8 Å². The van der Waals surface area contributed by atoms with Crippen molar-refractivity contribution in [3.05, 3.63) is 40.9 Å². The molecular weight excluding hydrogens is 416 g/mol. The number of thiazole rings is 1. The van der Waals surface area contributed by atoms with Crippen LogP contribution in [0.25, 0.3) is 0 Å². The number of hydrogen-bond acceptors (Lipinski definition) is 8. The van der Waals surface area contributed by atoms with Crippen molar-refractivity contribution in [3.63, 3.8) is 0 Å². The van der Waals surface area contributed by atoms with Gasteiger partial charge in [-0.2, -0.15) is 0 Å². The molecule has 0 bridgehead atoms. The summed E-state index contributed by atoms with van der Waals surface area (Å²) in [6, 6.07) is 8.02. The van der Waals surface area contributed by atoms with Crippen LogP contribution in [-0.4, -0.2) is 36.2 Å². The molecule has 0 radical (unpaired) electrons. The zero-order valence-electron chi connectivity index (χ0n) is 18.1. The van der Waals surface area contributed by atoms with Gasteiger partial charge in [-0.3, -0.25) is 9.59 Å². The van der Waals surface area contributed by atoms with Crippen LogP contribution in [0.4, 0.5) is 10.8 Å². The van der Waals surface area contributed by atoms with Crippen molar-refractivity contribution in [2.75, 3.05) is 18.5 Å². The fourth-order valence-corrected chi connectivity index (χ4v) is 4.96. The molecule has 0 unspecified atom stereocenters. The van der Waals surface area contributed by atoms with Gasteiger partial charge < -0.3 is 19.5 Å². The third kappa shape index (κ3) is 4.32. The lowest BCUT2D eigenvalue weighted by atomic mass is 9.78. The van der Waals surface area contributed by atoms with Crippen molar-refractivity contribution in [1.82, 2.24) is 4.98 Å². The quantitative estimate of drug-likeness (QED) is 0.365. The van der Waals surface area contributed by atoms with Crippen LogP contribution in [0.2, 0.25) is 0 Å². The van der Waals surface area contributed by atoms with Crippen molar-refractivity contribution in [2.45, 2.75) is 58.2 Å². The topological polar surface area (TPSA) is 86.8 Å². The van der Waals surface area contributed by atoms with E-state index in [0.717, 1.165) is 18.5 Å². The Morgan fingerprint density at radius 3 is 2.77 bits per heavy atom. The Morgan fingerprint density at radius 1 is 1.26 bits per heavy atom. The first kappa shape index (κ1) is 21.8. The number of hydrogen-bond donors (Lipinski definition) is 1. The Morgan fingerprint density at radius 2 is 2.03 bits per heavy atom. The van der Waals surface area contributed by atoms with E-state index in [1.807, 2.05) is 43.5 Å². The van der Waals surface area contributed by atoms with Gasteiger partial charge in [-0.15, -0.1) is 11.3 Å². The Labute approximate surface area is 186 Å². The van der Waals surface area contributed by atoms with E-state index in [1.165, 1.54) is 16.9 Å². The van der Waals surface area contributed by atoms with Crippen LogP contribution in [0.15, 0.2) is 29.6 Å². The highest BCUT2D eigenvalue weighted by atomic mass is 32.1. The lowest BCUT2D eigenvalue weighted by Crippen LogP contribution is -2.32. The predicted molar refractivity (Wildman–Crippen MR) is 117 cm³/mol. The Bertz CT molecular complexity index is 959. The summed E-state index contributed by atoms with van der Waals surface area (Å²) in [5.41, 5.74) is 0.493. The van der Waals surface area contributed by atoms with E-state index in [4.69, 9.17) is 14.2 Å². The van der Waals surface area contributed by atoms with E-state index in [9.17, 15) is 9.59 Å². The summed E-state index contributed by atoms with van der Waals surface area (Å²) in [5, 5.41) is 5.84. The Hall–Kier alpha value is -2.45. The van der Waals surface area contributed by atoms with Gasteiger partial charge in [0.05, 0.1) is 12.3 Å². The number of carbonyl (C=O) groups excluding carboxylic acids is 2. The van der Waals surface area contributed by atoms with Gasteiger partial charge in [-0.25, -0.2) is 4.98 Å². The van der Waals surface area contributed by atoms with Gasteiger partial charge in [0.15, 0.2) is 16.1 Å². The average Bonchev–Trinajstić information content (AvgIpc) is 3.39. The number of carbonyl (C=O) groups is 2. The molecule has 2 aromatic rings. The summed E-state index contributed by atoms with van der Waals surface area (Å²) in [7, 11) is 0. The van der Waals surface area contributed by atoms with Gasteiger partial charge in [0.1, 0.15) is 6.10 Å². The van der Waals surface area contributed by atoms with E-state index in [1.54, 1.807) is 0 Å². The number of anilines is 2. The van der Waals surface area contributed by atoms with Gasteiger partial charge in [-0.05, 0) is 32.4 Å². The molecule has 3 heterocycles. The number of unbranched alkanes of at least 4 members (excludes halogenated alkanes) is 1.